The fourth-order valence-corrected chi connectivity index (χ4v) is 2.46. The maximum absolute atomic E-state index is 11.1. The lowest BCUT2D eigenvalue weighted by atomic mass is 9.89. The molecule has 1 aromatic carbocycles. The number of aliphatic carboxylic acids is 1. The van der Waals surface area contributed by atoms with E-state index in [-0.39, 0.29) is 6.10 Å². The van der Waals surface area contributed by atoms with Crippen molar-refractivity contribution in [3.8, 4) is 5.75 Å². The standard InChI is InChI=1S/C12H13BrO3/c1-2-10-9(12(14)15)6-7-5-8(13)3-4-11(7)16-10/h3-5,9-10H,2,6H2,1H3,(H,14,15). The third kappa shape index (κ3) is 2.07. The van der Waals surface area contributed by atoms with Gasteiger partial charge < -0.3 is 9.84 Å². The van der Waals surface area contributed by atoms with Crippen LogP contribution in [0.2, 0.25) is 0 Å². The van der Waals surface area contributed by atoms with Crippen LogP contribution < -0.4 is 4.74 Å². The lowest BCUT2D eigenvalue weighted by Gasteiger charge is -2.30. The zero-order chi connectivity index (χ0) is 11.7. The number of carboxylic acids is 1. The van der Waals surface area contributed by atoms with E-state index >= 15 is 0 Å². The van der Waals surface area contributed by atoms with E-state index in [9.17, 15) is 4.79 Å². The largest absolute Gasteiger partial charge is 0.489 e. The van der Waals surface area contributed by atoms with E-state index in [1.54, 1.807) is 0 Å². The molecule has 2 atom stereocenters. The number of ether oxygens (including phenoxy) is 1. The summed E-state index contributed by atoms with van der Waals surface area (Å²) in [5.74, 6) is -0.406. The Kier molecular flexibility index (Phi) is 3.19. The van der Waals surface area contributed by atoms with Gasteiger partial charge in [-0.2, -0.15) is 0 Å². The van der Waals surface area contributed by atoms with Crippen LogP contribution in [0, 0.1) is 5.92 Å². The van der Waals surface area contributed by atoms with E-state index in [0.717, 1.165) is 15.8 Å². The van der Waals surface area contributed by atoms with Gasteiger partial charge in [0.15, 0.2) is 0 Å². The van der Waals surface area contributed by atoms with Gasteiger partial charge >= 0.3 is 5.97 Å². The Morgan fingerprint density at radius 2 is 2.38 bits per heavy atom. The van der Waals surface area contributed by atoms with E-state index in [4.69, 9.17) is 9.84 Å². The molecule has 0 amide bonds. The molecular formula is C12H13BrO3. The Morgan fingerprint density at radius 1 is 1.62 bits per heavy atom. The molecule has 1 heterocycles. The van der Waals surface area contributed by atoms with Gasteiger partial charge in [-0.3, -0.25) is 4.79 Å². The van der Waals surface area contributed by atoms with Crippen LogP contribution >= 0.6 is 15.9 Å². The van der Waals surface area contributed by atoms with Crippen LogP contribution in [0.15, 0.2) is 22.7 Å². The summed E-state index contributed by atoms with van der Waals surface area (Å²) in [6.45, 7) is 1.95. The molecule has 0 bridgehead atoms. The second-order valence-corrected chi connectivity index (χ2v) is 4.88. The zero-order valence-corrected chi connectivity index (χ0v) is 10.5. The van der Waals surface area contributed by atoms with Gasteiger partial charge in [-0.15, -0.1) is 0 Å². The summed E-state index contributed by atoms with van der Waals surface area (Å²) >= 11 is 3.38. The van der Waals surface area contributed by atoms with Crippen molar-refractivity contribution in [2.45, 2.75) is 25.9 Å². The van der Waals surface area contributed by atoms with Crippen LogP contribution in [0.5, 0.6) is 5.75 Å². The third-order valence-corrected chi connectivity index (χ3v) is 3.40. The molecule has 0 fully saturated rings. The maximum Gasteiger partial charge on any atom is 0.310 e. The van der Waals surface area contributed by atoms with Crippen molar-refractivity contribution in [1.29, 1.82) is 0 Å². The highest BCUT2D eigenvalue weighted by atomic mass is 79.9. The SMILES string of the molecule is CCC1Oc2ccc(Br)cc2CC1C(=O)O. The number of rotatable bonds is 2. The summed E-state index contributed by atoms with van der Waals surface area (Å²) in [4.78, 5) is 11.1. The van der Waals surface area contributed by atoms with Gasteiger partial charge in [0.05, 0.1) is 5.92 Å². The Balaban J connectivity index is 2.34. The minimum Gasteiger partial charge on any atom is -0.489 e. The van der Waals surface area contributed by atoms with Crippen molar-refractivity contribution in [3.63, 3.8) is 0 Å². The first-order chi connectivity index (χ1) is 7.61. The normalized spacial score (nSPS) is 23.4. The van der Waals surface area contributed by atoms with Gasteiger partial charge in [-0.25, -0.2) is 0 Å². The lowest BCUT2D eigenvalue weighted by molar-refractivity contribution is -0.145. The summed E-state index contributed by atoms with van der Waals surface area (Å²) in [6, 6.07) is 5.73. The molecule has 86 valence electrons. The van der Waals surface area contributed by atoms with Crippen LogP contribution in [0.3, 0.4) is 0 Å². The van der Waals surface area contributed by atoms with Crippen molar-refractivity contribution in [2.24, 2.45) is 5.92 Å². The van der Waals surface area contributed by atoms with Crippen molar-refractivity contribution in [3.05, 3.63) is 28.2 Å². The summed E-state index contributed by atoms with van der Waals surface area (Å²) in [6.07, 6.45) is 1.04. The summed E-state index contributed by atoms with van der Waals surface area (Å²) < 4.78 is 6.66. The van der Waals surface area contributed by atoms with Gasteiger partial charge in [-0.05, 0) is 36.6 Å². The average Bonchev–Trinajstić information content (AvgIpc) is 2.27. The lowest BCUT2D eigenvalue weighted by Crippen LogP contribution is -2.37. The molecule has 1 aromatic rings. The average molecular weight is 285 g/mol. The highest BCUT2D eigenvalue weighted by Crippen LogP contribution is 2.34. The smallest absolute Gasteiger partial charge is 0.310 e. The molecule has 0 spiro atoms. The molecule has 3 nitrogen and oxygen atoms in total. The molecule has 0 radical (unpaired) electrons. The molecule has 1 aliphatic rings. The van der Waals surface area contributed by atoms with E-state index in [1.807, 2.05) is 25.1 Å². The molecule has 1 aliphatic heterocycles. The quantitative estimate of drug-likeness (QED) is 0.908. The van der Waals surface area contributed by atoms with Crippen LogP contribution in [-0.4, -0.2) is 17.2 Å². The molecule has 0 aromatic heterocycles. The predicted molar refractivity (Wildman–Crippen MR) is 63.7 cm³/mol. The van der Waals surface area contributed by atoms with Crippen LogP contribution in [0.25, 0.3) is 0 Å². The molecule has 16 heavy (non-hydrogen) atoms. The molecule has 0 saturated carbocycles. The highest BCUT2D eigenvalue weighted by molar-refractivity contribution is 9.10. The molecule has 2 unspecified atom stereocenters. The van der Waals surface area contributed by atoms with Gasteiger partial charge in [0.2, 0.25) is 0 Å². The summed E-state index contributed by atoms with van der Waals surface area (Å²) in [5, 5.41) is 9.14. The number of halogens is 1. The minimum atomic E-state index is -0.780. The first-order valence-corrected chi connectivity index (χ1v) is 6.09. The number of hydrogen-bond donors (Lipinski definition) is 1. The molecule has 1 N–H and O–H groups in total. The second kappa shape index (κ2) is 4.45. The topological polar surface area (TPSA) is 46.5 Å². The second-order valence-electron chi connectivity index (χ2n) is 3.97. The van der Waals surface area contributed by atoms with Gasteiger partial charge in [0, 0.05) is 4.47 Å². The molecule has 0 saturated heterocycles. The van der Waals surface area contributed by atoms with E-state index in [1.165, 1.54) is 0 Å². The van der Waals surface area contributed by atoms with E-state index in [2.05, 4.69) is 15.9 Å². The van der Waals surface area contributed by atoms with Gasteiger partial charge in [0.25, 0.3) is 0 Å². The number of carbonyl (C=O) groups is 1. The Hall–Kier alpha value is -1.03. The first kappa shape index (κ1) is 11.5. The van der Waals surface area contributed by atoms with Crippen molar-refractivity contribution >= 4 is 21.9 Å². The highest BCUT2D eigenvalue weighted by Gasteiger charge is 2.33. The zero-order valence-electron chi connectivity index (χ0n) is 8.94. The Labute approximate surface area is 103 Å². The summed E-state index contributed by atoms with van der Waals surface area (Å²) in [5.41, 5.74) is 0.964. The number of hydrogen-bond acceptors (Lipinski definition) is 2. The number of benzene rings is 1. The number of fused-ring (bicyclic) bond motifs is 1. The van der Waals surface area contributed by atoms with Crippen LogP contribution in [0.4, 0.5) is 0 Å². The minimum absolute atomic E-state index is 0.217. The summed E-state index contributed by atoms with van der Waals surface area (Å²) in [7, 11) is 0. The first-order valence-electron chi connectivity index (χ1n) is 5.29. The van der Waals surface area contributed by atoms with Crippen molar-refractivity contribution in [1.82, 2.24) is 0 Å². The van der Waals surface area contributed by atoms with Crippen molar-refractivity contribution in [2.75, 3.05) is 0 Å². The monoisotopic (exact) mass is 284 g/mol. The van der Waals surface area contributed by atoms with Gasteiger partial charge in [0.1, 0.15) is 11.9 Å². The molecule has 2 rings (SSSR count). The van der Waals surface area contributed by atoms with E-state index in [0.29, 0.717) is 12.8 Å². The van der Waals surface area contributed by atoms with E-state index < -0.39 is 11.9 Å². The number of carboxylic acid groups (broad SMARTS) is 1. The molecule has 4 heteroatoms. The fourth-order valence-electron chi connectivity index (χ4n) is 2.05. The fraction of sp³-hybridized carbons (Fsp3) is 0.417. The molecular weight excluding hydrogens is 272 g/mol. The maximum atomic E-state index is 11.1. The van der Waals surface area contributed by atoms with Crippen LogP contribution in [0.1, 0.15) is 18.9 Å². The van der Waals surface area contributed by atoms with Gasteiger partial charge in [-0.1, -0.05) is 22.9 Å². The Morgan fingerprint density at radius 3 is 3.00 bits per heavy atom. The van der Waals surface area contributed by atoms with Crippen molar-refractivity contribution < 1.29 is 14.6 Å². The predicted octanol–water partition coefficient (Wildman–Crippen LogP) is 2.86. The molecule has 0 aliphatic carbocycles. The third-order valence-electron chi connectivity index (χ3n) is 2.91. The Bertz CT molecular complexity index is 417. The van der Waals surface area contributed by atoms with Crippen LogP contribution in [-0.2, 0) is 11.2 Å².